The van der Waals surface area contributed by atoms with Crippen LogP contribution in [0.4, 0.5) is 0 Å². The molecule has 2 bridgehead atoms. The molecule has 5 unspecified atom stereocenters. The van der Waals surface area contributed by atoms with Gasteiger partial charge in [-0.2, -0.15) is 0 Å². The van der Waals surface area contributed by atoms with Crippen LogP contribution in [0.25, 0.3) is 0 Å². The molecule has 5 fully saturated rings. The summed E-state index contributed by atoms with van der Waals surface area (Å²) in [6.45, 7) is 3.54. The molecule has 0 aromatic carbocycles. The van der Waals surface area contributed by atoms with E-state index < -0.39 is 53.6 Å². The maximum absolute atomic E-state index is 13.3. The predicted octanol–water partition coefficient (Wildman–Crippen LogP) is -2.19. The number of fused-ring (bicyclic) bond motifs is 2. The van der Waals surface area contributed by atoms with Gasteiger partial charge in [0, 0.05) is 13.1 Å². The lowest BCUT2D eigenvalue weighted by molar-refractivity contribution is -0.179. The van der Waals surface area contributed by atoms with Crippen molar-refractivity contribution >= 4 is 23.6 Å². The zero-order valence-corrected chi connectivity index (χ0v) is 16.7. The Morgan fingerprint density at radius 1 is 0.931 bits per heavy atom. The van der Waals surface area contributed by atoms with Crippen molar-refractivity contribution in [2.45, 2.75) is 75.4 Å². The second-order valence-corrected chi connectivity index (χ2v) is 8.63. The summed E-state index contributed by atoms with van der Waals surface area (Å²) < 4.78 is 0. The molecular formula is C19H28N4O6. The Balaban J connectivity index is 1.77. The number of carbonyl (C=O) groups excluding carboxylic acids is 4. The van der Waals surface area contributed by atoms with E-state index in [0.29, 0.717) is 38.8 Å². The highest BCUT2D eigenvalue weighted by Gasteiger charge is 2.61. The smallest absolute Gasteiger partial charge is 0.253 e. The van der Waals surface area contributed by atoms with Crippen LogP contribution in [0.1, 0.15) is 39.5 Å². The molecule has 0 aromatic heterocycles. The Labute approximate surface area is 168 Å². The van der Waals surface area contributed by atoms with E-state index >= 15 is 0 Å². The largest absolute Gasteiger partial charge is 0.391 e. The number of carbonyl (C=O) groups is 4. The standard InChI is InChI=1S/C19H28N4O6/c1-10(24)14-17(28)22-8-4-6-13(22)16(27)21-7-3-5-12(21)15(26)20-19(11(2)25)9-23(14)18(19)29/h10-14,24-25H,3-9H2,1-2H3,(H,20,26)/t10?,11?,12?,13?,14?,19-/m0/s1. The SMILES string of the molecule is CC(O)C1C(=O)N2CCCC2C(=O)N2CCCC2C(=O)N[C@]2(C(C)O)CN1C2=O. The summed E-state index contributed by atoms with van der Waals surface area (Å²) in [6, 6.07) is -2.56. The van der Waals surface area contributed by atoms with Crippen LogP contribution >= 0.6 is 0 Å². The maximum Gasteiger partial charge on any atom is 0.253 e. The van der Waals surface area contributed by atoms with E-state index in [1.54, 1.807) is 0 Å². The number of nitrogens with one attached hydrogen (secondary N) is 1. The van der Waals surface area contributed by atoms with E-state index in [2.05, 4.69) is 5.32 Å². The Kier molecular flexibility index (Phi) is 4.81. The molecule has 0 aromatic rings. The molecule has 0 spiro atoms. The first-order chi connectivity index (χ1) is 13.7. The highest BCUT2D eigenvalue weighted by molar-refractivity contribution is 6.03. The van der Waals surface area contributed by atoms with Crippen LogP contribution in [-0.4, -0.2) is 104 Å². The normalized spacial score (nSPS) is 37.2. The number of hydrogen-bond donors (Lipinski definition) is 3. The Morgan fingerprint density at radius 2 is 1.52 bits per heavy atom. The van der Waals surface area contributed by atoms with Crippen LogP contribution in [0.15, 0.2) is 0 Å². The van der Waals surface area contributed by atoms with Crippen molar-refractivity contribution in [3.05, 3.63) is 0 Å². The summed E-state index contributed by atoms with van der Waals surface area (Å²) >= 11 is 0. The minimum atomic E-state index is -1.55. The van der Waals surface area contributed by atoms with E-state index in [0.717, 1.165) is 0 Å². The van der Waals surface area contributed by atoms with Crippen molar-refractivity contribution in [3.8, 4) is 0 Å². The van der Waals surface area contributed by atoms with Crippen molar-refractivity contribution in [1.29, 1.82) is 0 Å². The van der Waals surface area contributed by atoms with Gasteiger partial charge in [-0.05, 0) is 39.5 Å². The molecule has 6 atom stereocenters. The minimum Gasteiger partial charge on any atom is -0.391 e. The fourth-order valence-electron chi connectivity index (χ4n) is 5.16. The van der Waals surface area contributed by atoms with E-state index in [4.69, 9.17) is 0 Å². The van der Waals surface area contributed by atoms with Gasteiger partial charge in [0.15, 0.2) is 5.54 Å². The first-order valence-electron chi connectivity index (χ1n) is 10.3. The first kappa shape index (κ1) is 20.1. The van der Waals surface area contributed by atoms with Crippen molar-refractivity contribution in [2.75, 3.05) is 19.6 Å². The molecule has 160 valence electrons. The molecule has 0 saturated carbocycles. The van der Waals surface area contributed by atoms with Crippen molar-refractivity contribution in [3.63, 3.8) is 0 Å². The molecule has 5 rings (SSSR count). The average molecular weight is 408 g/mol. The molecule has 0 radical (unpaired) electrons. The number of aliphatic hydroxyl groups is 2. The predicted molar refractivity (Wildman–Crippen MR) is 99.2 cm³/mol. The molecule has 5 aliphatic heterocycles. The van der Waals surface area contributed by atoms with Crippen LogP contribution < -0.4 is 5.32 Å². The molecule has 5 saturated heterocycles. The fraction of sp³-hybridized carbons (Fsp3) is 0.789. The Morgan fingerprint density at radius 3 is 2.07 bits per heavy atom. The molecule has 4 amide bonds. The van der Waals surface area contributed by atoms with Gasteiger partial charge in [-0.25, -0.2) is 0 Å². The highest BCUT2D eigenvalue weighted by Crippen LogP contribution is 2.34. The lowest BCUT2D eigenvalue weighted by Crippen LogP contribution is -2.82. The second-order valence-electron chi connectivity index (χ2n) is 8.63. The highest BCUT2D eigenvalue weighted by atomic mass is 16.3. The number of β-lactam (4-membered cyclic amide) rings is 1. The van der Waals surface area contributed by atoms with E-state index in [-0.39, 0.29) is 12.5 Å². The van der Waals surface area contributed by atoms with Gasteiger partial charge in [-0.1, -0.05) is 0 Å². The lowest BCUT2D eigenvalue weighted by atomic mass is 9.80. The quantitative estimate of drug-likeness (QED) is 0.445. The number of amides is 4. The monoisotopic (exact) mass is 408 g/mol. The van der Waals surface area contributed by atoms with Crippen LogP contribution in [0, 0.1) is 0 Å². The summed E-state index contributed by atoms with van der Waals surface area (Å²) in [7, 11) is 0. The van der Waals surface area contributed by atoms with Gasteiger partial charge in [-0.15, -0.1) is 0 Å². The first-order valence-corrected chi connectivity index (χ1v) is 10.3. The molecule has 5 aliphatic rings. The zero-order chi connectivity index (χ0) is 21.1. The number of hydrogen-bond acceptors (Lipinski definition) is 6. The van der Waals surface area contributed by atoms with Crippen molar-refractivity contribution in [2.24, 2.45) is 0 Å². The van der Waals surface area contributed by atoms with Gasteiger partial charge in [0.05, 0.1) is 18.8 Å². The Bertz CT molecular complexity index is 755. The van der Waals surface area contributed by atoms with Crippen molar-refractivity contribution < 1.29 is 29.4 Å². The van der Waals surface area contributed by atoms with Crippen LogP contribution in [0.3, 0.4) is 0 Å². The fourth-order valence-corrected chi connectivity index (χ4v) is 5.16. The van der Waals surface area contributed by atoms with Crippen molar-refractivity contribution in [1.82, 2.24) is 20.0 Å². The van der Waals surface area contributed by atoms with E-state index in [1.165, 1.54) is 28.5 Å². The number of rotatable bonds is 2. The minimum absolute atomic E-state index is 0.0737. The molecule has 3 N–H and O–H groups in total. The molecule has 10 heteroatoms. The zero-order valence-electron chi connectivity index (χ0n) is 16.7. The second kappa shape index (κ2) is 6.94. The summed E-state index contributed by atoms with van der Waals surface area (Å²) in [5, 5.41) is 23.3. The maximum atomic E-state index is 13.3. The topological polar surface area (TPSA) is 130 Å². The third kappa shape index (κ3) is 2.83. The molecule has 10 nitrogen and oxygen atoms in total. The van der Waals surface area contributed by atoms with E-state index in [9.17, 15) is 29.4 Å². The van der Waals surface area contributed by atoms with Gasteiger partial charge in [-0.3, -0.25) is 19.2 Å². The van der Waals surface area contributed by atoms with Gasteiger partial charge in [0.25, 0.3) is 5.91 Å². The lowest BCUT2D eigenvalue weighted by Gasteiger charge is -2.54. The van der Waals surface area contributed by atoms with Gasteiger partial charge in [0.1, 0.15) is 18.1 Å². The summed E-state index contributed by atoms with van der Waals surface area (Å²) in [5.41, 5.74) is -1.55. The van der Waals surface area contributed by atoms with Crippen LogP contribution in [-0.2, 0) is 19.2 Å². The van der Waals surface area contributed by atoms with Gasteiger partial charge >= 0.3 is 0 Å². The summed E-state index contributed by atoms with van der Waals surface area (Å²) in [4.78, 5) is 56.8. The number of aliphatic hydroxyl groups excluding tert-OH is 2. The number of nitrogens with zero attached hydrogens (tertiary/aromatic N) is 3. The van der Waals surface area contributed by atoms with Crippen LogP contribution in [0.2, 0.25) is 0 Å². The molecular weight excluding hydrogens is 380 g/mol. The summed E-state index contributed by atoms with van der Waals surface area (Å²) in [6.07, 6.45) is -0.0792. The van der Waals surface area contributed by atoms with E-state index in [1.807, 2.05) is 0 Å². The molecule has 29 heavy (non-hydrogen) atoms. The molecule has 5 heterocycles. The van der Waals surface area contributed by atoms with Gasteiger partial charge < -0.3 is 30.2 Å². The molecule has 0 aliphatic carbocycles. The Hall–Kier alpha value is -2.20. The van der Waals surface area contributed by atoms with Crippen LogP contribution in [0.5, 0.6) is 0 Å². The van der Waals surface area contributed by atoms with Gasteiger partial charge in [0.2, 0.25) is 17.7 Å². The summed E-state index contributed by atoms with van der Waals surface area (Å²) in [5.74, 6) is -1.78. The average Bonchev–Trinajstić information content (AvgIpc) is 3.33. The third-order valence-corrected chi connectivity index (χ3v) is 6.83. The third-order valence-electron chi connectivity index (χ3n) is 6.83.